The van der Waals surface area contributed by atoms with Crippen molar-refractivity contribution in [2.45, 2.75) is 13.8 Å². The lowest BCUT2D eigenvalue weighted by Gasteiger charge is -2.11. The minimum atomic E-state index is -0.568. The van der Waals surface area contributed by atoms with Gasteiger partial charge in [-0.25, -0.2) is 4.79 Å². The number of anilines is 1. The molecule has 1 aromatic carbocycles. The van der Waals surface area contributed by atoms with Gasteiger partial charge in [0.15, 0.2) is 0 Å². The largest absolute Gasteiger partial charge is 0.351 e. The molecule has 0 saturated heterocycles. The van der Waals surface area contributed by atoms with Crippen LogP contribution in [0.3, 0.4) is 0 Å². The Bertz CT molecular complexity index is 353. The van der Waals surface area contributed by atoms with Crippen molar-refractivity contribution in [2.24, 2.45) is 0 Å². The number of hydrogen-bond acceptors (Lipinski definition) is 1. The number of amides is 2. The summed E-state index contributed by atoms with van der Waals surface area (Å²) in [6, 6.07) is 5.04. The highest BCUT2D eigenvalue weighted by atomic mass is 35.5. The van der Waals surface area contributed by atoms with Gasteiger partial charge in [0.2, 0.25) is 0 Å². The molecule has 0 atom stereocenters. The number of carbonyl (C=O) groups is 1. The Balaban J connectivity index is 2.87. The zero-order chi connectivity index (χ0) is 10.7. The van der Waals surface area contributed by atoms with Gasteiger partial charge in [-0.2, -0.15) is 0 Å². The summed E-state index contributed by atoms with van der Waals surface area (Å²) in [7, 11) is 0. The fraction of sp³-hybridized carbons (Fsp3) is 0.222. The van der Waals surface area contributed by atoms with E-state index >= 15 is 0 Å². The predicted octanol–water partition coefficient (Wildman–Crippen LogP) is 3.44. The number of carbonyl (C=O) groups excluding carboxylic acids is 1. The van der Waals surface area contributed by atoms with E-state index in [1.54, 1.807) is 6.07 Å². The summed E-state index contributed by atoms with van der Waals surface area (Å²) in [5.74, 6) is 0. The van der Waals surface area contributed by atoms with E-state index in [4.69, 9.17) is 23.6 Å². The molecule has 1 aromatic rings. The summed E-state index contributed by atoms with van der Waals surface area (Å²) in [5, 5.41) is 2.57. The molecule has 0 aliphatic heterocycles. The molecule has 0 aromatic heterocycles. The molecule has 14 heavy (non-hydrogen) atoms. The van der Waals surface area contributed by atoms with Crippen molar-refractivity contribution < 1.29 is 4.79 Å². The molecule has 76 valence electrons. The van der Waals surface area contributed by atoms with Crippen LogP contribution in [0.25, 0.3) is 0 Å². The maximum atomic E-state index is 11.1. The molecule has 0 unspecified atom stereocenters. The number of urea groups is 1. The summed E-state index contributed by atoms with van der Waals surface area (Å²) in [6.45, 7) is 3.88. The lowest BCUT2D eigenvalue weighted by atomic mass is 10.1. The van der Waals surface area contributed by atoms with Gasteiger partial charge in [-0.15, -0.1) is 3.94 Å². The number of nitrogens with zero attached hydrogens (tertiary/aromatic N) is 1. The molecule has 3 nitrogen and oxygen atoms in total. The number of nitrogens with one attached hydrogen (secondary N) is 1. The summed E-state index contributed by atoms with van der Waals surface area (Å²) in [4.78, 5) is 11.1. The third-order valence-electron chi connectivity index (χ3n) is 2.00. The van der Waals surface area contributed by atoms with Crippen LogP contribution in [0.2, 0.25) is 0 Å². The fourth-order valence-corrected chi connectivity index (χ4v) is 1.13. The Morgan fingerprint density at radius 2 is 2.00 bits per heavy atom. The maximum Gasteiger partial charge on any atom is 0.351 e. The molecule has 0 aliphatic rings. The molecule has 1 rings (SSSR count). The van der Waals surface area contributed by atoms with Gasteiger partial charge >= 0.3 is 6.03 Å². The first-order valence-electron chi connectivity index (χ1n) is 4.01. The van der Waals surface area contributed by atoms with Gasteiger partial charge in [-0.1, -0.05) is 12.1 Å². The van der Waals surface area contributed by atoms with Crippen LogP contribution in [0, 0.1) is 13.8 Å². The van der Waals surface area contributed by atoms with Crippen molar-refractivity contribution in [1.82, 2.24) is 3.94 Å². The zero-order valence-corrected chi connectivity index (χ0v) is 9.36. The van der Waals surface area contributed by atoms with E-state index < -0.39 is 6.03 Å². The molecule has 2 amide bonds. The van der Waals surface area contributed by atoms with E-state index in [0.29, 0.717) is 9.63 Å². The van der Waals surface area contributed by atoms with Gasteiger partial charge in [-0.05, 0) is 31.0 Å². The summed E-state index contributed by atoms with van der Waals surface area (Å²) >= 11 is 10.5. The van der Waals surface area contributed by atoms with E-state index in [2.05, 4.69) is 5.32 Å². The van der Waals surface area contributed by atoms with Crippen LogP contribution < -0.4 is 5.32 Å². The van der Waals surface area contributed by atoms with Crippen LogP contribution in [0.5, 0.6) is 0 Å². The Morgan fingerprint density at radius 3 is 2.57 bits per heavy atom. The van der Waals surface area contributed by atoms with Crippen LogP contribution in [-0.4, -0.2) is 9.97 Å². The van der Waals surface area contributed by atoms with Crippen LogP contribution in [0.15, 0.2) is 18.2 Å². The lowest BCUT2D eigenvalue weighted by molar-refractivity contribution is 0.248. The molecule has 0 radical (unpaired) electrons. The molecule has 0 bridgehead atoms. The van der Waals surface area contributed by atoms with Crippen LogP contribution in [-0.2, 0) is 0 Å². The average molecular weight is 233 g/mol. The van der Waals surface area contributed by atoms with Crippen molar-refractivity contribution in [3.05, 3.63) is 29.3 Å². The standard InChI is InChI=1S/C9H10Cl2N2O/c1-6-4-3-5-8(7(6)2)12-9(14)13(10)11/h3-5H,1-2H3,(H,12,14). The first-order valence-corrected chi connectivity index (χ1v) is 4.69. The Labute approximate surface area is 92.8 Å². The molecule has 0 spiro atoms. The Hall–Kier alpha value is -0.930. The lowest BCUT2D eigenvalue weighted by Crippen LogP contribution is -2.19. The van der Waals surface area contributed by atoms with Gasteiger partial charge in [-0.3, -0.25) is 0 Å². The first-order chi connectivity index (χ1) is 6.52. The Morgan fingerprint density at radius 1 is 1.36 bits per heavy atom. The normalized spacial score (nSPS) is 9.71. The first kappa shape index (κ1) is 11.1. The molecular formula is C9H10Cl2N2O. The fourth-order valence-electron chi connectivity index (χ4n) is 1.04. The SMILES string of the molecule is Cc1cccc(NC(=O)N(Cl)Cl)c1C. The second-order valence-corrected chi connectivity index (χ2v) is 3.76. The third-order valence-corrected chi connectivity index (χ3v) is 2.31. The highest BCUT2D eigenvalue weighted by Gasteiger charge is 2.09. The highest BCUT2D eigenvalue weighted by molar-refractivity contribution is 6.42. The van der Waals surface area contributed by atoms with Crippen molar-refractivity contribution in [3.63, 3.8) is 0 Å². The average Bonchev–Trinajstić information content (AvgIpc) is 2.12. The van der Waals surface area contributed by atoms with Gasteiger partial charge in [0.1, 0.15) is 0 Å². The smallest absolute Gasteiger partial charge is 0.305 e. The van der Waals surface area contributed by atoms with Gasteiger partial charge in [0.05, 0.1) is 0 Å². The molecule has 1 N–H and O–H groups in total. The zero-order valence-electron chi connectivity index (χ0n) is 7.84. The Kier molecular flexibility index (Phi) is 3.61. The molecule has 5 heteroatoms. The van der Waals surface area contributed by atoms with Crippen LogP contribution in [0.1, 0.15) is 11.1 Å². The highest BCUT2D eigenvalue weighted by Crippen LogP contribution is 2.18. The number of benzene rings is 1. The van der Waals surface area contributed by atoms with Gasteiger partial charge in [0.25, 0.3) is 0 Å². The van der Waals surface area contributed by atoms with Crippen molar-refractivity contribution in [1.29, 1.82) is 0 Å². The monoisotopic (exact) mass is 232 g/mol. The number of rotatable bonds is 1. The summed E-state index contributed by atoms with van der Waals surface area (Å²) in [6.07, 6.45) is 0. The van der Waals surface area contributed by atoms with E-state index in [1.165, 1.54) is 0 Å². The van der Waals surface area contributed by atoms with Crippen LogP contribution >= 0.6 is 23.6 Å². The van der Waals surface area contributed by atoms with Crippen molar-refractivity contribution in [3.8, 4) is 0 Å². The molecule has 0 aliphatic carbocycles. The molecular weight excluding hydrogens is 223 g/mol. The molecule has 0 fully saturated rings. The predicted molar refractivity (Wildman–Crippen MR) is 58.5 cm³/mol. The minimum Gasteiger partial charge on any atom is -0.305 e. The third kappa shape index (κ3) is 2.53. The van der Waals surface area contributed by atoms with E-state index in [0.717, 1.165) is 11.1 Å². The summed E-state index contributed by atoms with van der Waals surface area (Å²) < 4.78 is 0.460. The van der Waals surface area contributed by atoms with E-state index in [9.17, 15) is 4.79 Å². The van der Waals surface area contributed by atoms with E-state index in [-0.39, 0.29) is 0 Å². The second-order valence-electron chi connectivity index (χ2n) is 2.91. The number of aryl methyl sites for hydroxylation is 1. The maximum absolute atomic E-state index is 11.1. The van der Waals surface area contributed by atoms with Crippen molar-refractivity contribution >= 4 is 35.3 Å². The van der Waals surface area contributed by atoms with E-state index in [1.807, 2.05) is 26.0 Å². The number of hydrogen-bond donors (Lipinski definition) is 1. The van der Waals surface area contributed by atoms with Gasteiger partial charge < -0.3 is 5.32 Å². The quantitative estimate of drug-likeness (QED) is 0.740. The molecule has 0 saturated carbocycles. The van der Waals surface area contributed by atoms with Gasteiger partial charge in [0, 0.05) is 29.2 Å². The number of halogens is 2. The topological polar surface area (TPSA) is 32.3 Å². The van der Waals surface area contributed by atoms with Crippen LogP contribution in [0.4, 0.5) is 10.5 Å². The minimum absolute atomic E-state index is 0.460. The second kappa shape index (κ2) is 4.53. The van der Waals surface area contributed by atoms with Crippen molar-refractivity contribution in [2.75, 3.05) is 5.32 Å². The summed E-state index contributed by atoms with van der Waals surface area (Å²) in [5.41, 5.74) is 2.80. The molecule has 0 heterocycles.